The molecule has 5 nitrogen and oxygen atoms in total. The first-order valence-corrected chi connectivity index (χ1v) is 2.77. The second-order valence-corrected chi connectivity index (χ2v) is 1.16. The van der Waals surface area contributed by atoms with Gasteiger partial charge in [-0.25, -0.2) is 0 Å². The third-order valence-corrected chi connectivity index (χ3v) is 0.118. The molecule has 0 aliphatic heterocycles. The van der Waals surface area contributed by atoms with Crippen molar-refractivity contribution < 1.29 is 19.1 Å². The quantitative estimate of drug-likeness (QED) is 0.321. The molecule has 0 fully saturated rings. The number of hydrogen-bond acceptors (Lipinski definition) is 2. The van der Waals surface area contributed by atoms with E-state index in [1.807, 2.05) is 0 Å². The van der Waals surface area contributed by atoms with E-state index < -0.39 is 8.25 Å². The zero-order chi connectivity index (χ0) is 6.99. The average Bonchev–Trinajstić information content (AvgIpc) is 1.65. The summed E-state index contributed by atoms with van der Waals surface area (Å²) in [7, 11) is -1.31. The maximum atomic E-state index is 9.06. The summed E-state index contributed by atoms with van der Waals surface area (Å²) < 4.78 is 8.70. The van der Waals surface area contributed by atoms with Gasteiger partial charge in [0.1, 0.15) is 0 Å². The minimum absolute atomic E-state index is 0.625. The van der Waals surface area contributed by atoms with Crippen molar-refractivity contribution in [1.29, 1.82) is 0 Å². The highest BCUT2D eigenvalue weighted by molar-refractivity contribution is 7.30. The van der Waals surface area contributed by atoms with Crippen molar-refractivity contribution in [2.45, 2.75) is 0 Å². The largest absolute Gasteiger partial charge is 0.692 e. The van der Waals surface area contributed by atoms with Crippen LogP contribution in [-0.4, -0.2) is 23.2 Å². The van der Waals surface area contributed by atoms with E-state index in [0.29, 0.717) is 6.41 Å². The van der Waals surface area contributed by atoms with Gasteiger partial charge in [-0.05, 0) is 0 Å². The Morgan fingerprint density at radius 1 is 1.62 bits per heavy atom. The van der Waals surface area contributed by atoms with E-state index >= 15 is 0 Å². The second-order valence-electron chi connectivity index (χ2n) is 0.659. The number of carbonyl (C=O) groups is 1. The summed E-state index contributed by atoms with van der Waals surface area (Å²) >= 11 is 0. The number of nitrogens with one attached hydrogen (secondary N) is 1. The fraction of sp³-hybridized carbons (Fsp3) is 0.500. The highest BCUT2D eigenvalue weighted by atomic mass is 31.1. The molecule has 1 amide bonds. The summed E-state index contributed by atoms with van der Waals surface area (Å²) in [6.07, 6.45) is 0.625. The molecule has 0 spiro atoms. The van der Waals surface area contributed by atoms with Gasteiger partial charge in [0, 0.05) is 11.6 Å². The first kappa shape index (κ1) is 10.5. The lowest BCUT2D eigenvalue weighted by Crippen LogP contribution is -1.98. The Balaban J connectivity index is 0. The third kappa shape index (κ3) is 461. The summed E-state index contributed by atoms with van der Waals surface area (Å²) in [6, 6.07) is 0. The van der Waals surface area contributed by atoms with E-state index in [0.717, 1.165) is 0 Å². The van der Waals surface area contributed by atoms with Gasteiger partial charge in [0.05, 0.1) is 0 Å². The molecular formula is C2H7NO4P+. The van der Waals surface area contributed by atoms with Crippen LogP contribution in [0.25, 0.3) is 0 Å². The maximum Gasteiger partial charge on any atom is 0.692 e. The molecular weight excluding hydrogens is 133 g/mol. The SMILES string of the molecule is CNC=O.O=[P+](O)O. The van der Waals surface area contributed by atoms with Crippen molar-refractivity contribution in [3.05, 3.63) is 0 Å². The highest BCUT2D eigenvalue weighted by Crippen LogP contribution is 1.98. The van der Waals surface area contributed by atoms with Crippen LogP contribution in [0.2, 0.25) is 0 Å². The van der Waals surface area contributed by atoms with Crippen molar-refractivity contribution >= 4 is 14.7 Å². The molecule has 0 radical (unpaired) electrons. The van der Waals surface area contributed by atoms with Gasteiger partial charge < -0.3 is 5.32 Å². The maximum absolute atomic E-state index is 9.06. The molecule has 0 rings (SSSR count). The molecule has 0 aliphatic carbocycles. The zero-order valence-corrected chi connectivity index (χ0v) is 5.13. The van der Waals surface area contributed by atoms with Crippen LogP contribution >= 0.6 is 8.25 Å². The van der Waals surface area contributed by atoms with Gasteiger partial charge in [0.25, 0.3) is 0 Å². The molecule has 0 bridgehead atoms. The highest BCUT2D eigenvalue weighted by Gasteiger charge is 1.93. The second kappa shape index (κ2) is 9.70. The Hall–Kier alpha value is -0.510. The predicted octanol–water partition coefficient (Wildman–Crippen LogP) is -1.01. The van der Waals surface area contributed by atoms with Gasteiger partial charge in [-0.2, -0.15) is 0 Å². The molecule has 8 heavy (non-hydrogen) atoms. The number of carbonyl (C=O) groups excluding carboxylic acids is 1. The Morgan fingerprint density at radius 3 is 1.75 bits per heavy atom. The van der Waals surface area contributed by atoms with E-state index in [1.165, 1.54) is 0 Å². The lowest BCUT2D eigenvalue weighted by Gasteiger charge is -1.64. The van der Waals surface area contributed by atoms with Crippen molar-refractivity contribution in [2.75, 3.05) is 7.05 Å². The average molecular weight is 140 g/mol. The fourth-order valence-corrected chi connectivity index (χ4v) is 0. The molecule has 48 valence electrons. The first-order valence-electron chi connectivity index (χ1n) is 1.61. The minimum atomic E-state index is -2.87. The van der Waals surface area contributed by atoms with Crippen LogP contribution in [0, 0.1) is 0 Å². The Morgan fingerprint density at radius 2 is 1.75 bits per heavy atom. The van der Waals surface area contributed by atoms with Gasteiger partial charge in [0.2, 0.25) is 6.41 Å². The topological polar surface area (TPSA) is 86.6 Å². The van der Waals surface area contributed by atoms with E-state index in [2.05, 4.69) is 5.32 Å². The molecule has 0 saturated heterocycles. The molecule has 0 aromatic heterocycles. The van der Waals surface area contributed by atoms with Gasteiger partial charge in [0.15, 0.2) is 0 Å². The standard InChI is InChI=1S/C2H5NO.HO3P/c1-3-2-4;1-4(2)3/h2H,1H3,(H,3,4);(H-,1,2,3)/p+1. The molecule has 0 aromatic carbocycles. The van der Waals surface area contributed by atoms with Gasteiger partial charge in [-0.15, -0.1) is 9.79 Å². The first-order chi connectivity index (χ1) is 3.65. The summed E-state index contributed by atoms with van der Waals surface area (Å²) in [4.78, 5) is 23.3. The van der Waals surface area contributed by atoms with Gasteiger partial charge in [-0.1, -0.05) is 0 Å². The molecule has 0 atom stereocenters. The monoisotopic (exact) mass is 140 g/mol. The number of hydrogen-bond donors (Lipinski definition) is 3. The molecule has 0 unspecified atom stereocenters. The van der Waals surface area contributed by atoms with Crippen LogP contribution in [-0.2, 0) is 9.36 Å². The minimum Gasteiger partial charge on any atom is -0.362 e. The third-order valence-electron chi connectivity index (χ3n) is 0.118. The molecule has 0 aromatic rings. The van der Waals surface area contributed by atoms with Gasteiger partial charge in [-0.3, -0.25) is 4.79 Å². The molecule has 3 N–H and O–H groups in total. The Labute approximate surface area is 47.3 Å². The van der Waals surface area contributed by atoms with Crippen LogP contribution in [0.4, 0.5) is 0 Å². The Bertz CT molecular complexity index is 70.4. The molecule has 6 heteroatoms. The van der Waals surface area contributed by atoms with Crippen molar-refractivity contribution in [1.82, 2.24) is 5.32 Å². The summed E-state index contributed by atoms with van der Waals surface area (Å²) in [6.45, 7) is 0. The van der Waals surface area contributed by atoms with Crippen LogP contribution in [0.3, 0.4) is 0 Å². The van der Waals surface area contributed by atoms with E-state index in [-0.39, 0.29) is 0 Å². The van der Waals surface area contributed by atoms with Crippen LogP contribution < -0.4 is 5.32 Å². The van der Waals surface area contributed by atoms with E-state index in [1.54, 1.807) is 7.05 Å². The predicted molar refractivity (Wildman–Crippen MR) is 27.2 cm³/mol. The van der Waals surface area contributed by atoms with Crippen LogP contribution in [0.5, 0.6) is 0 Å². The lowest BCUT2D eigenvalue weighted by molar-refractivity contribution is -0.109. The van der Waals surface area contributed by atoms with Crippen molar-refractivity contribution in [3.8, 4) is 0 Å². The molecule has 0 aliphatic rings. The fourth-order valence-electron chi connectivity index (χ4n) is 0. The summed E-state index contributed by atoms with van der Waals surface area (Å²) in [5.74, 6) is 0. The lowest BCUT2D eigenvalue weighted by atomic mass is 11.2. The summed E-state index contributed by atoms with van der Waals surface area (Å²) in [5.41, 5.74) is 0. The molecule has 0 heterocycles. The number of amides is 1. The van der Waals surface area contributed by atoms with Crippen LogP contribution in [0.1, 0.15) is 0 Å². The smallest absolute Gasteiger partial charge is 0.362 e. The van der Waals surface area contributed by atoms with Crippen LogP contribution in [0.15, 0.2) is 0 Å². The normalized spacial score (nSPS) is 5.88. The molecule has 0 saturated carbocycles. The summed E-state index contributed by atoms with van der Waals surface area (Å²) in [5, 5.41) is 2.25. The number of rotatable bonds is 1. The van der Waals surface area contributed by atoms with Crippen molar-refractivity contribution in [2.24, 2.45) is 0 Å². The Kier molecular flexibility index (Phi) is 12.7. The van der Waals surface area contributed by atoms with E-state index in [9.17, 15) is 0 Å². The van der Waals surface area contributed by atoms with Gasteiger partial charge >= 0.3 is 8.25 Å². The van der Waals surface area contributed by atoms with Crippen molar-refractivity contribution in [3.63, 3.8) is 0 Å². The van der Waals surface area contributed by atoms with E-state index in [4.69, 9.17) is 19.1 Å². The zero-order valence-electron chi connectivity index (χ0n) is 4.24.